The first kappa shape index (κ1) is 25.2. The number of carbonyl (C=O) groups is 2. The van der Waals surface area contributed by atoms with Crippen LogP contribution in [-0.2, 0) is 17.5 Å². The fourth-order valence-electron chi connectivity index (χ4n) is 5.05. The van der Waals surface area contributed by atoms with Crippen molar-refractivity contribution in [3.05, 3.63) is 71.0 Å². The maximum atomic E-state index is 13.6. The molecule has 35 heavy (non-hydrogen) atoms. The Hall–Kier alpha value is -2.94. The Morgan fingerprint density at radius 3 is 2.43 bits per heavy atom. The lowest BCUT2D eigenvalue weighted by atomic mass is 9.94. The van der Waals surface area contributed by atoms with Crippen molar-refractivity contribution in [1.29, 1.82) is 0 Å². The predicted molar refractivity (Wildman–Crippen MR) is 123 cm³/mol. The van der Waals surface area contributed by atoms with Crippen LogP contribution >= 0.6 is 0 Å². The Morgan fingerprint density at radius 2 is 1.80 bits per heavy atom. The van der Waals surface area contributed by atoms with Crippen LogP contribution in [0.15, 0.2) is 48.5 Å². The van der Waals surface area contributed by atoms with Crippen molar-refractivity contribution in [2.45, 2.75) is 57.5 Å². The lowest BCUT2D eigenvalue weighted by Crippen LogP contribution is -2.59. The Labute approximate surface area is 202 Å². The van der Waals surface area contributed by atoms with E-state index >= 15 is 0 Å². The minimum atomic E-state index is -4.47. The van der Waals surface area contributed by atoms with Crippen LogP contribution in [0.25, 0.3) is 0 Å². The van der Waals surface area contributed by atoms with Crippen LogP contribution < -0.4 is 5.32 Å². The SMILES string of the molecule is CC(C)CC1NC2(CCN(C(=O)c3cccc(F)c3)CC2)N(Cc2cccc(C(F)(F)F)c2)C1=O. The normalized spacial score (nSPS) is 20.2. The monoisotopic (exact) mass is 491 g/mol. The lowest BCUT2D eigenvalue weighted by molar-refractivity contribution is -0.137. The third kappa shape index (κ3) is 5.34. The molecule has 1 N–H and O–H groups in total. The van der Waals surface area contributed by atoms with E-state index in [1.807, 2.05) is 13.8 Å². The number of piperidine rings is 1. The molecule has 188 valence electrons. The summed E-state index contributed by atoms with van der Waals surface area (Å²) >= 11 is 0. The minimum Gasteiger partial charge on any atom is -0.338 e. The summed E-state index contributed by atoms with van der Waals surface area (Å²) in [6.07, 6.45) is -3.02. The van der Waals surface area contributed by atoms with Gasteiger partial charge < -0.3 is 9.80 Å². The quantitative estimate of drug-likeness (QED) is 0.610. The lowest BCUT2D eigenvalue weighted by Gasteiger charge is -2.44. The summed E-state index contributed by atoms with van der Waals surface area (Å²) in [5.74, 6) is -0.666. The second-order valence-corrected chi connectivity index (χ2v) is 9.78. The third-order valence-electron chi connectivity index (χ3n) is 6.78. The van der Waals surface area contributed by atoms with Gasteiger partial charge in [-0.15, -0.1) is 0 Å². The zero-order valence-electron chi connectivity index (χ0n) is 19.7. The highest BCUT2D eigenvalue weighted by Crippen LogP contribution is 2.36. The second kappa shape index (κ2) is 9.60. The van der Waals surface area contributed by atoms with Gasteiger partial charge in [0.05, 0.1) is 17.3 Å². The molecule has 1 unspecified atom stereocenters. The van der Waals surface area contributed by atoms with E-state index in [0.717, 1.165) is 12.1 Å². The molecular formula is C26H29F4N3O2. The molecule has 0 bridgehead atoms. The Kier molecular flexibility index (Phi) is 6.90. The molecule has 0 aromatic heterocycles. The van der Waals surface area contributed by atoms with Crippen molar-refractivity contribution >= 4 is 11.8 Å². The Bertz CT molecular complexity index is 1090. The largest absolute Gasteiger partial charge is 0.416 e. The summed E-state index contributed by atoms with van der Waals surface area (Å²) in [6, 6.07) is 10.1. The van der Waals surface area contributed by atoms with Crippen LogP contribution in [0.1, 0.15) is 54.6 Å². The van der Waals surface area contributed by atoms with Gasteiger partial charge in [0, 0.05) is 38.0 Å². The zero-order chi connectivity index (χ0) is 25.4. The first-order chi connectivity index (χ1) is 16.5. The molecule has 2 aliphatic heterocycles. The summed E-state index contributed by atoms with van der Waals surface area (Å²) in [4.78, 5) is 29.6. The van der Waals surface area contributed by atoms with Gasteiger partial charge in [0.1, 0.15) is 5.82 Å². The number of likely N-dealkylation sites (tertiary alicyclic amines) is 1. The van der Waals surface area contributed by atoms with Gasteiger partial charge in [0.15, 0.2) is 0 Å². The van der Waals surface area contributed by atoms with Crippen LogP contribution in [0, 0.1) is 11.7 Å². The fourth-order valence-corrected chi connectivity index (χ4v) is 5.05. The van der Waals surface area contributed by atoms with Crippen molar-refractivity contribution in [2.75, 3.05) is 13.1 Å². The number of halogens is 4. The third-order valence-corrected chi connectivity index (χ3v) is 6.78. The number of carbonyl (C=O) groups excluding carboxylic acids is 2. The highest BCUT2D eigenvalue weighted by Gasteiger charge is 2.51. The van der Waals surface area contributed by atoms with Crippen molar-refractivity contribution in [1.82, 2.24) is 15.1 Å². The van der Waals surface area contributed by atoms with E-state index in [1.54, 1.807) is 21.9 Å². The molecule has 0 aliphatic carbocycles. The van der Waals surface area contributed by atoms with Crippen LogP contribution in [-0.4, -0.2) is 46.4 Å². The molecule has 1 atom stereocenters. The van der Waals surface area contributed by atoms with Crippen LogP contribution in [0.5, 0.6) is 0 Å². The topological polar surface area (TPSA) is 52.7 Å². The van der Waals surface area contributed by atoms with E-state index in [2.05, 4.69) is 5.32 Å². The average Bonchev–Trinajstić information content (AvgIpc) is 3.03. The Morgan fingerprint density at radius 1 is 1.11 bits per heavy atom. The summed E-state index contributed by atoms with van der Waals surface area (Å²) in [5.41, 5.74) is -0.852. The van der Waals surface area contributed by atoms with E-state index in [-0.39, 0.29) is 29.8 Å². The van der Waals surface area contributed by atoms with E-state index < -0.39 is 29.3 Å². The molecule has 2 heterocycles. The van der Waals surface area contributed by atoms with Gasteiger partial charge in [-0.1, -0.05) is 32.0 Å². The molecule has 1 spiro atoms. The molecule has 9 heteroatoms. The highest BCUT2D eigenvalue weighted by molar-refractivity contribution is 5.94. The molecular weight excluding hydrogens is 462 g/mol. The molecule has 2 fully saturated rings. The van der Waals surface area contributed by atoms with E-state index in [4.69, 9.17) is 0 Å². The van der Waals surface area contributed by atoms with Gasteiger partial charge in [-0.05, 0) is 48.2 Å². The standard InChI is InChI=1S/C26H29F4N3O2/c1-17(2)13-22-24(35)33(16-18-5-3-7-20(14-18)26(28,29)30)25(31-22)9-11-32(12-10-25)23(34)19-6-4-8-21(27)15-19/h3-8,14-15,17,22,31H,9-13,16H2,1-2H3. The van der Waals surface area contributed by atoms with Crippen molar-refractivity contribution in [3.8, 4) is 0 Å². The van der Waals surface area contributed by atoms with E-state index in [1.165, 1.54) is 24.3 Å². The summed E-state index contributed by atoms with van der Waals surface area (Å²) < 4.78 is 53.3. The van der Waals surface area contributed by atoms with Crippen molar-refractivity contribution in [2.24, 2.45) is 5.92 Å². The van der Waals surface area contributed by atoms with Crippen LogP contribution in [0.3, 0.4) is 0 Å². The fraction of sp³-hybridized carbons (Fsp3) is 0.462. The smallest absolute Gasteiger partial charge is 0.338 e. The first-order valence-electron chi connectivity index (χ1n) is 11.8. The van der Waals surface area contributed by atoms with Gasteiger partial charge in [-0.25, -0.2) is 4.39 Å². The molecule has 0 radical (unpaired) electrons. The average molecular weight is 492 g/mol. The number of hydrogen-bond donors (Lipinski definition) is 1. The highest BCUT2D eigenvalue weighted by atomic mass is 19.4. The first-order valence-corrected chi connectivity index (χ1v) is 11.8. The summed E-state index contributed by atoms with van der Waals surface area (Å²) in [7, 11) is 0. The molecule has 2 saturated heterocycles. The number of hydrogen-bond acceptors (Lipinski definition) is 3. The zero-order valence-corrected chi connectivity index (χ0v) is 19.7. The number of amides is 2. The minimum absolute atomic E-state index is 0.0438. The Balaban J connectivity index is 1.56. The van der Waals surface area contributed by atoms with Gasteiger partial charge in [-0.3, -0.25) is 14.9 Å². The van der Waals surface area contributed by atoms with Crippen molar-refractivity contribution < 1.29 is 27.2 Å². The molecule has 0 saturated carbocycles. The number of nitrogens with zero attached hydrogens (tertiary/aromatic N) is 2. The number of rotatable bonds is 5. The second-order valence-electron chi connectivity index (χ2n) is 9.78. The summed E-state index contributed by atoms with van der Waals surface area (Å²) in [5, 5.41) is 3.47. The maximum Gasteiger partial charge on any atom is 0.416 e. The molecule has 2 aliphatic rings. The van der Waals surface area contributed by atoms with Crippen LogP contribution in [0.2, 0.25) is 0 Å². The molecule has 4 rings (SSSR count). The summed E-state index contributed by atoms with van der Waals surface area (Å²) in [6.45, 7) is 4.74. The maximum absolute atomic E-state index is 13.6. The number of alkyl halides is 3. The van der Waals surface area contributed by atoms with Gasteiger partial charge in [-0.2, -0.15) is 13.2 Å². The number of benzene rings is 2. The van der Waals surface area contributed by atoms with Crippen LogP contribution in [0.4, 0.5) is 17.6 Å². The molecule has 2 amide bonds. The number of nitrogens with one attached hydrogen (secondary N) is 1. The van der Waals surface area contributed by atoms with E-state index in [0.29, 0.717) is 37.9 Å². The molecule has 5 nitrogen and oxygen atoms in total. The van der Waals surface area contributed by atoms with E-state index in [9.17, 15) is 27.2 Å². The van der Waals surface area contributed by atoms with Gasteiger partial charge in [0.2, 0.25) is 5.91 Å². The molecule has 2 aromatic carbocycles. The van der Waals surface area contributed by atoms with Gasteiger partial charge >= 0.3 is 6.18 Å². The predicted octanol–water partition coefficient (Wildman–Crippen LogP) is 4.82. The molecule has 2 aromatic rings. The van der Waals surface area contributed by atoms with Crippen molar-refractivity contribution in [3.63, 3.8) is 0 Å². The van der Waals surface area contributed by atoms with Gasteiger partial charge in [0.25, 0.3) is 5.91 Å².